The Bertz CT molecular complexity index is 915. The third-order valence-corrected chi connectivity index (χ3v) is 6.70. The Labute approximate surface area is 202 Å². The van der Waals surface area contributed by atoms with Crippen molar-refractivity contribution in [1.29, 1.82) is 0 Å². The Balaban J connectivity index is 0.00000149. The number of nitrogens with zero attached hydrogens (tertiary/aromatic N) is 3. The number of hydrogen-bond acceptors (Lipinski definition) is 5. The Morgan fingerprint density at radius 2 is 1.67 bits per heavy atom. The van der Waals surface area contributed by atoms with Gasteiger partial charge in [0.1, 0.15) is 5.60 Å². The lowest BCUT2D eigenvalue weighted by atomic mass is 9.93. The zero-order valence-electron chi connectivity index (χ0n) is 20.5. The van der Waals surface area contributed by atoms with Gasteiger partial charge in [0.25, 0.3) is 5.91 Å². The van der Waals surface area contributed by atoms with Gasteiger partial charge in [-0.1, -0.05) is 44.2 Å². The molecule has 6 nitrogen and oxygen atoms in total. The van der Waals surface area contributed by atoms with Crippen molar-refractivity contribution in [1.82, 2.24) is 14.7 Å². The van der Waals surface area contributed by atoms with Gasteiger partial charge >= 0.3 is 6.09 Å². The first kappa shape index (κ1) is 25.2. The zero-order valence-corrected chi connectivity index (χ0v) is 21.4. The molecule has 0 aliphatic carbocycles. The van der Waals surface area contributed by atoms with Gasteiger partial charge in [-0.3, -0.25) is 9.69 Å². The summed E-state index contributed by atoms with van der Waals surface area (Å²) in [6.07, 6.45) is 0.618. The standard InChI is InChI=1S/C24H31N3O3S.C2H6/c1-24(2,3)30-23(29)26-12-10-25(11-13-26)17-20-15-18-7-4-5-8-19(18)16-27(20)22(28)21-9-6-14-31-21;1-2/h4-9,14,20H,10-13,15-17H2,1-3H3;1-2H3. The number of hydrogen-bond donors (Lipinski definition) is 0. The number of benzene rings is 1. The Hall–Kier alpha value is -2.38. The summed E-state index contributed by atoms with van der Waals surface area (Å²) in [4.78, 5) is 32.6. The Morgan fingerprint density at radius 1 is 1.00 bits per heavy atom. The molecule has 1 fully saturated rings. The van der Waals surface area contributed by atoms with Crippen molar-refractivity contribution in [2.75, 3.05) is 32.7 Å². The molecule has 2 aliphatic heterocycles. The molecule has 2 aliphatic rings. The SMILES string of the molecule is CC.CC(C)(C)OC(=O)N1CCN(CC2Cc3ccccc3CN2C(=O)c2cccs2)CC1. The summed E-state index contributed by atoms with van der Waals surface area (Å²) in [6.45, 7) is 14.0. The second kappa shape index (κ2) is 11.2. The van der Waals surface area contributed by atoms with Crippen molar-refractivity contribution >= 4 is 23.3 Å². The molecule has 180 valence electrons. The van der Waals surface area contributed by atoms with Crippen LogP contribution < -0.4 is 0 Å². The molecule has 0 radical (unpaired) electrons. The molecule has 2 amide bonds. The van der Waals surface area contributed by atoms with E-state index in [0.29, 0.717) is 19.6 Å². The summed E-state index contributed by atoms with van der Waals surface area (Å²) in [6, 6.07) is 12.4. The second-order valence-electron chi connectivity index (χ2n) is 9.31. The van der Waals surface area contributed by atoms with E-state index in [1.165, 1.54) is 22.5 Å². The molecular formula is C26H37N3O3S. The number of amides is 2. The molecule has 0 spiro atoms. The fraction of sp³-hybridized carbons (Fsp3) is 0.538. The van der Waals surface area contributed by atoms with Crippen LogP contribution in [0.3, 0.4) is 0 Å². The van der Waals surface area contributed by atoms with Crippen LogP contribution in [0.2, 0.25) is 0 Å². The predicted octanol–water partition coefficient (Wildman–Crippen LogP) is 4.89. The molecule has 0 bridgehead atoms. The minimum atomic E-state index is -0.480. The van der Waals surface area contributed by atoms with E-state index in [-0.39, 0.29) is 18.0 Å². The number of carbonyl (C=O) groups excluding carboxylic acids is 2. The summed E-state index contributed by atoms with van der Waals surface area (Å²) in [5.74, 6) is 0.113. The maximum Gasteiger partial charge on any atom is 0.410 e. The molecule has 1 aromatic carbocycles. The lowest BCUT2D eigenvalue weighted by Crippen LogP contribution is -2.55. The summed E-state index contributed by atoms with van der Waals surface area (Å²) >= 11 is 1.50. The minimum absolute atomic E-state index is 0.113. The maximum atomic E-state index is 13.2. The van der Waals surface area contributed by atoms with Crippen LogP contribution in [0.4, 0.5) is 4.79 Å². The van der Waals surface area contributed by atoms with Crippen LogP contribution in [-0.2, 0) is 17.7 Å². The van der Waals surface area contributed by atoms with E-state index >= 15 is 0 Å². The summed E-state index contributed by atoms with van der Waals surface area (Å²) in [5, 5.41) is 1.95. The van der Waals surface area contributed by atoms with Gasteiger partial charge in [0.05, 0.1) is 4.88 Å². The summed E-state index contributed by atoms with van der Waals surface area (Å²) in [5.41, 5.74) is 2.08. The maximum absolute atomic E-state index is 13.2. The first-order valence-electron chi connectivity index (χ1n) is 11.9. The molecule has 0 saturated carbocycles. The molecular weight excluding hydrogens is 434 g/mol. The highest BCUT2D eigenvalue weighted by atomic mass is 32.1. The third-order valence-electron chi connectivity index (χ3n) is 5.84. The van der Waals surface area contributed by atoms with E-state index in [1.807, 2.05) is 63.1 Å². The van der Waals surface area contributed by atoms with Crippen LogP contribution in [0.5, 0.6) is 0 Å². The summed E-state index contributed by atoms with van der Waals surface area (Å²) < 4.78 is 5.51. The van der Waals surface area contributed by atoms with E-state index < -0.39 is 5.60 Å². The van der Waals surface area contributed by atoms with Gasteiger partial charge < -0.3 is 14.5 Å². The van der Waals surface area contributed by atoms with Gasteiger partial charge in [0.15, 0.2) is 0 Å². The molecule has 0 N–H and O–H groups in total. The van der Waals surface area contributed by atoms with Crippen LogP contribution >= 0.6 is 11.3 Å². The van der Waals surface area contributed by atoms with E-state index in [0.717, 1.165) is 30.9 Å². The molecule has 1 unspecified atom stereocenters. The number of carbonyl (C=O) groups is 2. The van der Waals surface area contributed by atoms with Crippen molar-refractivity contribution in [2.24, 2.45) is 0 Å². The molecule has 1 saturated heterocycles. The normalized spacial score (nSPS) is 18.8. The molecule has 2 aromatic rings. The fourth-order valence-corrected chi connectivity index (χ4v) is 4.95. The number of rotatable bonds is 3. The van der Waals surface area contributed by atoms with Gasteiger partial charge in [-0.2, -0.15) is 0 Å². The van der Waals surface area contributed by atoms with Gasteiger partial charge in [-0.25, -0.2) is 4.79 Å². The molecule has 1 aromatic heterocycles. The Morgan fingerprint density at radius 3 is 2.27 bits per heavy atom. The highest BCUT2D eigenvalue weighted by molar-refractivity contribution is 7.12. The van der Waals surface area contributed by atoms with E-state index in [9.17, 15) is 9.59 Å². The lowest BCUT2D eigenvalue weighted by molar-refractivity contribution is 0.0116. The summed E-state index contributed by atoms with van der Waals surface area (Å²) in [7, 11) is 0. The average Bonchev–Trinajstić information content (AvgIpc) is 3.34. The zero-order chi connectivity index (χ0) is 24.0. The molecule has 4 rings (SSSR count). The van der Waals surface area contributed by atoms with Crippen molar-refractivity contribution < 1.29 is 14.3 Å². The van der Waals surface area contributed by atoms with Crippen LogP contribution in [-0.4, -0.2) is 71.1 Å². The number of piperazine rings is 1. The van der Waals surface area contributed by atoms with Gasteiger partial charge in [-0.05, 0) is 49.8 Å². The molecule has 1 atom stereocenters. The van der Waals surface area contributed by atoms with Crippen LogP contribution in [0.15, 0.2) is 41.8 Å². The van der Waals surface area contributed by atoms with Gasteiger partial charge in [0.2, 0.25) is 0 Å². The van der Waals surface area contributed by atoms with Crippen molar-refractivity contribution in [3.63, 3.8) is 0 Å². The minimum Gasteiger partial charge on any atom is -0.444 e. The van der Waals surface area contributed by atoms with Crippen molar-refractivity contribution in [3.8, 4) is 0 Å². The molecule has 3 heterocycles. The van der Waals surface area contributed by atoms with Crippen LogP contribution in [0.25, 0.3) is 0 Å². The van der Waals surface area contributed by atoms with Crippen LogP contribution in [0.1, 0.15) is 55.4 Å². The topological polar surface area (TPSA) is 53.1 Å². The first-order chi connectivity index (χ1) is 15.8. The van der Waals surface area contributed by atoms with Gasteiger partial charge in [-0.15, -0.1) is 11.3 Å². The highest BCUT2D eigenvalue weighted by Gasteiger charge is 2.33. The largest absolute Gasteiger partial charge is 0.444 e. The van der Waals surface area contributed by atoms with Crippen molar-refractivity contribution in [2.45, 2.75) is 59.2 Å². The predicted molar refractivity (Wildman–Crippen MR) is 134 cm³/mol. The van der Waals surface area contributed by atoms with E-state index in [4.69, 9.17) is 4.74 Å². The van der Waals surface area contributed by atoms with Crippen molar-refractivity contribution in [3.05, 3.63) is 57.8 Å². The highest BCUT2D eigenvalue weighted by Crippen LogP contribution is 2.27. The fourth-order valence-electron chi connectivity index (χ4n) is 4.27. The first-order valence-corrected chi connectivity index (χ1v) is 12.8. The monoisotopic (exact) mass is 471 g/mol. The number of ether oxygens (including phenoxy) is 1. The average molecular weight is 472 g/mol. The third kappa shape index (κ3) is 6.58. The smallest absolute Gasteiger partial charge is 0.410 e. The van der Waals surface area contributed by atoms with E-state index in [2.05, 4.69) is 23.1 Å². The number of thiophene rings is 1. The second-order valence-corrected chi connectivity index (χ2v) is 10.3. The number of fused-ring (bicyclic) bond motifs is 1. The Kier molecular flexibility index (Phi) is 8.54. The quantitative estimate of drug-likeness (QED) is 0.639. The van der Waals surface area contributed by atoms with Crippen LogP contribution in [0, 0.1) is 0 Å². The lowest BCUT2D eigenvalue weighted by Gasteiger charge is -2.42. The van der Waals surface area contributed by atoms with Gasteiger partial charge in [0, 0.05) is 45.3 Å². The van der Waals surface area contributed by atoms with E-state index in [1.54, 1.807) is 4.90 Å². The molecule has 7 heteroatoms. The molecule has 33 heavy (non-hydrogen) atoms.